The van der Waals surface area contributed by atoms with Crippen LogP contribution < -0.4 is 5.32 Å². The second-order valence-corrected chi connectivity index (χ2v) is 4.30. The lowest BCUT2D eigenvalue weighted by atomic mass is 9.88. The summed E-state index contributed by atoms with van der Waals surface area (Å²) in [5, 5.41) is 12.3. The first-order valence-corrected chi connectivity index (χ1v) is 5.79. The van der Waals surface area contributed by atoms with Gasteiger partial charge in [0, 0.05) is 6.04 Å². The fourth-order valence-corrected chi connectivity index (χ4v) is 2.36. The van der Waals surface area contributed by atoms with Crippen molar-refractivity contribution in [2.45, 2.75) is 38.3 Å². The standard InChI is InChI=1S/C13H17NO2/c1-2-5-11-10-7-4-3-6-9(10)8-12(14-11)13(15)16/h3-4,6-7,11-12,14H,2,5,8H2,1H3,(H,15,16). The summed E-state index contributed by atoms with van der Waals surface area (Å²) in [6, 6.07) is 7.88. The van der Waals surface area contributed by atoms with E-state index in [9.17, 15) is 4.79 Å². The fourth-order valence-electron chi connectivity index (χ4n) is 2.36. The first-order chi connectivity index (χ1) is 7.72. The van der Waals surface area contributed by atoms with Gasteiger partial charge in [0.2, 0.25) is 0 Å². The van der Waals surface area contributed by atoms with Crippen molar-refractivity contribution in [2.24, 2.45) is 0 Å². The molecule has 1 aliphatic rings. The lowest BCUT2D eigenvalue weighted by Crippen LogP contribution is -2.44. The molecule has 0 radical (unpaired) electrons. The van der Waals surface area contributed by atoms with Gasteiger partial charge in [-0.25, -0.2) is 0 Å². The van der Waals surface area contributed by atoms with Crippen LogP contribution >= 0.6 is 0 Å². The van der Waals surface area contributed by atoms with Gasteiger partial charge in [-0.3, -0.25) is 10.1 Å². The van der Waals surface area contributed by atoms with Crippen LogP contribution in [-0.2, 0) is 11.2 Å². The van der Waals surface area contributed by atoms with Crippen molar-refractivity contribution in [1.29, 1.82) is 0 Å². The zero-order valence-electron chi connectivity index (χ0n) is 9.44. The highest BCUT2D eigenvalue weighted by Gasteiger charge is 2.29. The Bertz CT molecular complexity index is 389. The average Bonchev–Trinajstić information content (AvgIpc) is 2.29. The monoisotopic (exact) mass is 219 g/mol. The maximum atomic E-state index is 11.1. The number of hydrogen-bond acceptors (Lipinski definition) is 2. The van der Waals surface area contributed by atoms with E-state index in [0.29, 0.717) is 6.42 Å². The van der Waals surface area contributed by atoms with Crippen molar-refractivity contribution >= 4 is 5.97 Å². The number of benzene rings is 1. The Morgan fingerprint density at radius 2 is 2.25 bits per heavy atom. The van der Waals surface area contributed by atoms with Crippen LogP contribution in [-0.4, -0.2) is 17.1 Å². The van der Waals surface area contributed by atoms with Gasteiger partial charge < -0.3 is 5.11 Å². The predicted octanol–water partition coefficient (Wildman–Crippen LogP) is 2.13. The SMILES string of the molecule is CCCC1NC(C(=O)O)Cc2ccccc21. The number of fused-ring (bicyclic) bond motifs is 1. The zero-order chi connectivity index (χ0) is 11.5. The Morgan fingerprint density at radius 3 is 2.94 bits per heavy atom. The fraction of sp³-hybridized carbons (Fsp3) is 0.462. The van der Waals surface area contributed by atoms with Gasteiger partial charge in [-0.1, -0.05) is 37.6 Å². The van der Waals surface area contributed by atoms with E-state index < -0.39 is 12.0 Å². The molecule has 0 aliphatic carbocycles. The Labute approximate surface area is 95.5 Å². The molecular formula is C13H17NO2. The zero-order valence-corrected chi connectivity index (χ0v) is 9.44. The molecular weight excluding hydrogens is 202 g/mol. The molecule has 2 atom stereocenters. The molecule has 1 aliphatic heterocycles. The third-order valence-corrected chi connectivity index (χ3v) is 3.13. The summed E-state index contributed by atoms with van der Waals surface area (Å²) >= 11 is 0. The van der Waals surface area contributed by atoms with Gasteiger partial charge in [0.25, 0.3) is 0 Å². The van der Waals surface area contributed by atoms with Crippen molar-refractivity contribution in [3.05, 3.63) is 35.4 Å². The first kappa shape index (κ1) is 11.1. The number of hydrogen-bond donors (Lipinski definition) is 2. The van der Waals surface area contributed by atoms with E-state index in [4.69, 9.17) is 5.11 Å². The molecule has 3 nitrogen and oxygen atoms in total. The Hall–Kier alpha value is -1.35. The van der Waals surface area contributed by atoms with Crippen LogP contribution in [0, 0.1) is 0 Å². The van der Waals surface area contributed by atoms with Crippen molar-refractivity contribution in [1.82, 2.24) is 5.32 Å². The van der Waals surface area contributed by atoms with Gasteiger partial charge in [-0.15, -0.1) is 0 Å². The molecule has 1 heterocycles. The molecule has 2 rings (SSSR count). The summed E-state index contributed by atoms with van der Waals surface area (Å²) in [6.45, 7) is 2.12. The number of nitrogens with one attached hydrogen (secondary N) is 1. The maximum Gasteiger partial charge on any atom is 0.321 e. The molecule has 86 valence electrons. The average molecular weight is 219 g/mol. The third-order valence-electron chi connectivity index (χ3n) is 3.13. The Kier molecular flexibility index (Phi) is 3.25. The van der Waals surface area contributed by atoms with Crippen LogP contribution in [0.15, 0.2) is 24.3 Å². The summed E-state index contributed by atoms with van der Waals surface area (Å²) < 4.78 is 0. The number of aliphatic carboxylic acids is 1. The van der Waals surface area contributed by atoms with E-state index in [1.165, 1.54) is 11.1 Å². The first-order valence-electron chi connectivity index (χ1n) is 5.79. The molecule has 0 saturated heterocycles. The summed E-state index contributed by atoms with van der Waals surface area (Å²) in [5.74, 6) is -0.754. The molecule has 2 N–H and O–H groups in total. The summed E-state index contributed by atoms with van der Waals surface area (Å²) in [7, 11) is 0. The highest BCUT2D eigenvalue weighted by Crippen LogP contribution is 2.28. The highest BCUT2D eigenvalue weighted by molar-refractivity contribution is 5.74. The molecule has 0 aromatic heterocycles. The van der Waals surface area contributed by atoms with Gasteiger partial charge in [-0.2, -0.15) is 0 Å². The number of carboxylic acids is 1. The van der Waals surface area contributed by atoms with Gasteiger partial charge >= 0.3 is 5.97 Å². The minimum absolute atomic E-state index is 0.191. The van der Waals surface area contributed by atoms with Crippen LogP contribution in [0.4, 0.5) is 0 Å². The molecule has 0 saturated carbocycles. The van der Waals surface area contributed by atoms with Crippen LogP contribution in [0.1, 0.15) is 36.9 Å². The van der Waals surface area contributed by atoms with Crippen molar-refractivity contribution in [3.8, 4) is 0 Å². The van der Waals surface area contributed by atoms with Gasteiger partial charge in [0.05, 0.1) is 0 Å². The minimum atomic E-state index is -0.754. The van der Waals surface area contributed by atoms with Crippen molar-refractivity contribution < 1.29 is 9.90 Å². The van der Waals surface area contributed by atoms with E-state index in [2.05, 4.69) is 18.3 Å². The molecule has 3 heteroatoms. The lowest BCUT2D eigenvalue weighted by molar-refractivity contribution is -0.139. The smallest absolute Gasteiger partial charge is 0.321 e. The molecule has 0 amide bonds. The molecule has 0 bridgehead atoms. The van der Waals surface area contributed by atoms with Gasteiger partial charge in [-0.05, 0) is 24.0 Å². The number of carboxylic acid groups (broad SMARTS) is 1. The largest absolute Gasteiger partial charge is 0.480 e. The Balaban J connectivity index is 2.29. The van der Waals surface area contributed by atoms with Gasteiger partial charge in [0.1, 0.15) is 6.04 Å². The number of carbonyl (C=O) groups is 1. The third kappa shape index (κ3) is 2.09. The normalized spacial score (nSPS) is 23.8. The van der Waals surface area contributed by atoms with Crippen LogP contribution in [0.2, 0.25) is 0 Å². The van der Waals surface area contributed by atoms with Crippen molar-refractivity contribution in [2.75, 3.05) is 0 Å². The predicted molar refractivity (Wildman–Crippen MR) is 62.4 cm³/mol. The summed E-state index contributed by atoms with van der Waals surface area (Å²) in [4.78, 5) is 11.1. The highest BCUT2D eigenvalue weighted by atomic mass is 16.4. The second-order valence-electron chi connectivity index (χ2n) is 4.30. The van der Waals surface area contributed by atoms with Crippen molar-refractivity contribution in [3.63, 3.8) is 0 Å². The van der Waals surface area contributed by atoms with E-state index in [0.717, 1.165) is 12.8 Å². The molecule has 16 heavy (non-hydrogen) atoms. The van der Waals surface area contributed by atoms with E-state index in [1.807, 2.05) is 18.2 Å². The second kappa shape index (κ2) is 4.66. The van der Waals surface area contributed by atoms with E-state index >= 15 is 0 Å². The molecule has 0 spiro atoms. The quantitative estimate of drug-likeness (QED) is 0.818. The number of rotatable bonds is 3. The van der Waals surface area contributed by atoms with Crippen LogP contribution in [0.25, 0.3) is 0 Å². The summed E-state index contributed by atoms with van der Waals surface area (Å²) in [6.07, 6.45) is 2.63. The molecule has 1 aromatic rings. The van der Waals surface area contributed by atoms with E-state index in [-0.39, 0.29) is 6.04 Å². The molecule has 1 aromatic carbocycles. The Morgan fingerprint density at radius 1 is 1.50 bits per heavy atom. The lowest BCUT2D eigenvalue weighted by Gasteiger charge is -2.31. The summed E-state index contributed by atoms with van der Waals surface area (Å²) in [5.41, 5.74) is 2.44. The molecule has 2 unspecified atom stereocenters. The van der Waals surface area contributed by atoms with Crippen LogP contribution in [0.5, 0.6) is 0 Å². The maximum absolute atomic E-state index is 11.1. The van der Waals surface area contributed by atoms with Crippen LogP contribution in [0.3, 0.4) is 0 Å². The minimum Gasteiger partial charge on any atom is -0.480 e. The molecule has 0 fully saturated rings. The van der Waals surface area contributed by atoms with Gasteiger partial charge in [0.15, 0.2) is 0 Å². The van der Waals surface area contributed by atoms with E-state index in [1.54, 1.807) is 0 Å². The topological polar surface area (TPSA) is 49.3 Å².